The number of ketones is 1. The van der Waals surface area contributed by atoms with E-state index in [2.05, 4.69) is 5.32 Å². The first-order valence-electron chi connectivity index (χ1n) is 10.3. The Morgan fingerprint density at radius 2 is 1.73 bits per heavy atom. The number of ether oxygens (including phenoxy) is 1. The minimum atomic E-state index is -0.0325. The molecular formula is C24H29N3O3. The molecule has 3 rings (SSSR count). The average Bonchev–Trinajstić information content (AvgIpc) is 3.08. The van der Waals surface area contributed by atoms with Gasteiger partial charge < -0.3 is 20.4 Å². The Labute approximate surface area is 177 Å². The highest BCUT2D eigenvalue weighted by Crippen LogP contribution is 2.25. The van der Waals surface area contributed by atoms with Crippen molar-refractivity contribution >= 4 is 34.0 Å². The molecule has 1 heterocycles. The number of Topliss-reactive ketones (excluding diaryl/α,β-unsaturated/α-hetero) is 1. The molecule has 0 aliphatic heterocycles. The second kappa shape index (κ2) is 9.96. The molecule has 0 saturated heterocycles. The van der Waals surface area contributed by atoms with Crippen molar-refractivity contribution in [3.63, 3.8) is 0 Å². The van der Waals surface area contributed by atoms with Crippen LogP contribution in [0.15, 0.2) is 48.5 Å². The average molecular weight is 408 g/mol. The van der Waals surface area contributed by atoms with E-state index in [9.17, 15) is 9.59 Å². The van der Waals surface area contributed by atoms with Gasteiger partial charge in [-0.3, -0.25) is 9.59 Å². The molecule has 30 heavy (non-hydrogen) atoms. The van der Waals surface area contributed by atoms with E-state index in [1.165, 1.54) is 0 Å². The minimum absolute atomic E-state index is 0.0325. The maximum absolute atomic E-state index is 12.6. The van der Waals surface area contributed by atoms with Crippen molar-refractivity contribution < 1.29 is 14.3 Å². The van der Waals surface area contributed by atoms with Gasteiger partial charge in [0.1, 0.15) is 5.75 Å². The number of fused-ring (bicyclic) bond motifs is 1. The van der Waals surface area contributed by atoms with E-state index >= 15 is 0 Å². The third-order valence-corrected chi connectivity index (χ3v) is 5.33. The normalized spacial score (nSPS) is 10.9. The van der Waals surface area contributed by atoms with Crippen molar-refractivity contribution in [3.8, 4) is 5.75 Å². The number of anilines is 2. The predicted octanol–water partition coefficient (Wildman–Crippen LogP) is 4.93. The number of carbonyl (C=O) groups excluding carboxylic acids is 2. The summed E-state index contributed by atoms with van der Waals surface area (Å²) in [7, 11) is 3.55. The Hall–Kier alpha value is -3.28. The number of aromatic nitrogens is 1. The molecule has 3 N–H and O–H groups in total. The fourth-order valence-corrected chi connectivity index (χ4v) is 3.60. The summed E-state index contributed by atoms with van der Waals surface area (Å²) in [5.74, 6) is 0.894. The number of methoxy groups -OCH3 is 1. The number of para-hydroxylation sites is 2. The largest absolute Gasteiger partial charge is 0.497 e. The number of nitrogens with zero attached hydrogens (tertiary/aromatic N) is 1. The summed E-state index contributed by atoms with van der Waals surface area (Å²) in [5.41, 5.74) is 8.79. The number of amides is 1. The summed E-state index contributed by atoms with van der Waals surface area (Å²) in [6, 6.07) is 15.0. The lowest BCUT2D eigenvalue weighted by Gasteiger charge is -2.07. The van der Waals surface area contributed by atoms with Gasteiger partial charge >= 0.3 is 0 Å². The molecule has 6 heteroatoms. The van der Waals surface area contributed by atoms with Gasteiger partial charge in [0.05, 0.1) is 24.2 Å². The zero-order valence-corrected chi connectivity index (χ0v) is 17.6. The summed E-state index contributed by atoms with van der Waals surface area (Å²) >= 11 is 0. The van der Waals surface area contributed by atoms with Crippen LogP contribution in [0.2, 0.25) is 0 Å². The zero-order valence-electron chi connectivity index (χ0n) is 17.6. The van der Waals surface area contributed by atoms with Crippen molar-refractivity contribution in [2.24, 2.45) is 7.05 Å². The maximum atomic E-state index is 12.6. The van der Waals surface area contributed by atoms with Crippen LogP contribution in [-0.2, 0) is 11.8 Å². The molecule has 0 atom stereocenters. The first-order chi connectivity index (χ1) is 14.5. The van der Waals surface area contributed by atoms with E-state index in [1.54, 1.807) is 19.2 Å². The second-order valence-electron chi connectivity index (χ2n) is 7.49. The van der Waals surface area contributed by atoms with E-state index in [-0.39, 0.29) is 11.7 Å². The molecule has 0 radical (unpaired) electrons. The van der Waals surface area contributed by atoms with Crippen molar-refractivity contribution in [1.82, 2.24) is 4.57 Å². The number of rotatable bonds is 10. The van der Waals surface area contributed by atoms with Gasteiger partial charge in [-0.05, 0) is 49.2 Å². The topological polar surface area (TPSA) is 86.3 Å². The highest BCUT2D eigenvalue weighted by atomic mass is 16.5. The number of unbranched alkanes of at least 4 members (excludes halogenated alkanes) is 3. The maximum Gasteiger partial charge on any atom is 0.224 e. The molecule has 0 fully saturated rings. The third-order valence-electron chi connectivity index (χ3n) is 5.33. The number of nitrogens with one attached hydrogen (secondary N) is 1. The quantitative estimate of drug-likeness (QED) is 0.283. The molecule has 6 nitrogen and oxygen atoms in total. The van der Waals surface area contributed by atoms with Gasteiger partial charge in [-0.2, -0.15) is 0 Å². The van der Waals surface area contributed by atoms with Crippen LogP contribution >= 0.6 is 0 Å². The monoisotopic (exact) mass is 407 g/mol. The fraction of sp³-hybridized carbons (Fsp3) is 0.333. The number of hydrogen-bond donors (Lipinski definition) is 2. The van der Waals surface area contributed by atoms with Crippen molar-refractivity contribution in [3.05, 3.63) is 54.2 Å². The number of hydrogen-bond acceptors (Lipinski definition) is 4. The van der Waals surface area contributed by atoms with Gasteiger partial charge in [-0.1, -0.05) is 25.0 Å². The van der Waals surface area contributed by atoms with E-state index in [0.29, 0.717) is 24.2 Å². The lowest BCUT2D eigenvalue weighted by molar-refractivity contribution is -0.116. The molecule has 0 aliphatic rings. The number of carbonyl (C=O) groups is 2. The van der Waals surface area contributed by atoms with Crippen LogP contribution in [-0.4, -0.2) is 23.4 Å². The van der Waals surface area contributed by atoms with Crippen LogP contribution in [0.5, 0.6) is 5.75 Å². The van der Waals surface area contributed by atoms with Gasteiger partial charge in [-0.25, -0.2) is 0 Å². The van der Waals surface area contributed by atoms with Crippen LogP contribution in [0.25, 0.3) is 10.9 Å². The van der Waals surface area contributed by atoms with E-state index < -0.39 is 0 Å². The predicted molar refractivity (Wildman–Crippen MR) is 121 cm³/mol. The van der Waals surface area contributed by atoms with Crippen LogP contribution in [0.3, 0.4) is 0 Å². The Bertz CT molecular complexity index is 1040. The number of nitrogens with two attached hydrogens (primary N) is 1. The highest BCUT2D eigenvalue weighted by Gasteiger charge is 2.13. The van der Waals surface area contributed by atoms with Gasteiger partial charge in [0.2, 0.25) is 5.91 Å². The second-order valence-corrected chi connectivity index (χ2v) is 7.49. The molecule has 1 aromatic heterocycles. The van der Waals surface area contributed by atoms with Crippen molar-refractivity contribution in [2.45, 2.75) is 38.5 Å². The summed E-state index contributed by atoms with van der Waals surface area (Å²) in [5, 5.41) is 3.84. The Morgan fingerprint density at radius 1 is 1.00 bits per heavy atom. The van der Waals surface area contributed by atoms with Crippen LogP contribution in [0.4, 0.5) is 11.4 Å². The first-order valence-corrected chi connectivity index (χ1v) is 10.3. The molecule has 1 amide bonds. The highest BCUT2D eigenvalue weighted by molar-refractivity contribution is 6.00. The Morgan fingerprint density at radius 3 is 2.47 bits per heavy atom. The molecule has 3 aromatic rings. The van der Waals surface area contributed by atoms with Crippen LogP contribution < -0.4 is 15.8 Å². The molecule has 158 valence electrons. The van der Waals surface area contributed by atoms with Crippen molar-refractivity contribution in [1.29, 1.82) is 0 Å². The third kappa shape index (κ3) is 5.20. The van der Waals surface area contributed by atoms with Crippen molar-refractivity contribution in [2.75, 3.05) is 18.2 Å². The zero-order chi connectivity index (χ0) is 21.5. The molecular weight excluding hydrogens is 378 g/mol. The van der Waals surface area contributed by atoms with Crippen LogP contribution in [0, 0.1) is 0 Å². The molecule has 0 aliphatic carbocycles. The lowest BCUT2D eigenvalue weighted by Crippen LogP contribution is -2.12. The van der Waals surface area contributed by atoms with Gasteiger partial charge in [0.15, 0.2) is 5.78 Å². The first kappa shape index (κ1) is 21.4. The number of benzene rings is 2. The summed E-state index contributed by atoms with van der Waals surface area (Å²) in [6.45, 7) is 0. The molecule has 0 spiro atoms. The van der Waals surface area contributed by atoms with Crippen LogP contribution in [0.1, 0.15) is 49.0 Å². The molecule has 0 saturated carbocycles. The molecule has 0 unspecified atom stereocenters. The molecule has 0 bridgehead atoms. The van der Waals surface area contributed by atoms with Gasteiger partial charge in [0.25, 0.3) is 0 Å². The Kier molecular flexibility index (Phi) is 7.12. The number of nitrogen functional groups attached to an aromatic ring is 1. The Balaban J connectivity index is 1.40. The lowest BCUT2D eigenvalue weighted by atomic mass is 10.1. The smallest absolute Gasteiger partial charge is 0.224 e. The van der Waals surface area contributed by atoms with E-state index in [1.807, 2.05) is 48.0 Å². The van der Waals surface area contributed by atoms with Gasteiger partial charge in [-0.15, -0.1) is 0 Å². The van der Waals surface area contributed by atoms with E-state index in [0.717, 1.165) is 48.0 Å². The van der Waals surface area contributed by atoms with Gasteiger partial charge in [0, 0.05) is 30.8 Å². The molecule has 2 aromatic carbocycles. The number of aryl methyl sites for hydroxylation is 1. The summed E-state index contributed by atoms with van der Waals surface area (Å²) in [4.78, 5) is 24.7. The fourth-order valence-electron chi connectivity index (χ4n) is 3.60. The minimum Gasteiger partial charge on any atom is -0.497 e. The van der Waals surface area contributed by atoms with E-state index in [4.69, 9.17) is 10.5 Å². The summed E-state index contributed by atoms with van der Waals surface area (Å²) in [6.07, 6.45) is 4.40. The standard InChI is InChI=1S/C24H29N3O3/c1-27-21-14-13-18(30-2)15-17(21)16-22(27)23(28)11-5-3-4-6-12-24(29)26-20-10-8-7-9-19(20)25/h7-10,13-16H,3-6,11-12,25H2,1-2H3,(H,26,29). The SMILES string of the molecule is COc1ccc2c(c1)cc(C(=O)CCCCCCC(=O)Nc1ccccc1N)n2C. The summed E-state index contributed by atoms with van der Waals surface area (Å²) < 4.78 is 7.20.